The Bertz CT molecular complexity index is 706. The molecule has 25 heavy (non-hydrogen) atoms. The fourth-order valence-electron chi connectivity index (χ4n) is 2.27. The van der Waals surface area contributed by atoms with Crippen LogP contribution in [0, 0.1) is 0 Å². The van der Waals surface area contributed by atoms with Crippen LogP contribution in [-0.4, -0.2) is 31.6 Å². The number of halogens is 1. The number of ether oxygens (including phenoxy) is 2. The van der Waals surface area contributed by atoms with Gasteiger partial charge in [0.25, 0.3) is 0 Å². The van der Waals surface area contributed by atoms with E-state index in [1.165, 1.54) is 7.11 Å². The van der Waals surface area contributed by atoms with Gasteiger partial charge in [-0.05, 0) is 23.8 Å². The summed E-state index contributed by atoms with van der Waals surface area (Å²) in [6, 6.07) is 15.6. The van der Waals surface area contributed by atoms with E-state index in [0.717, 1.165) is 5.56 Å². The summed E-state index contributed by atoms with van der Waals surface area (Å²) >= 11 is 5.87. The van der Waals surface area contributed by atoms with E-state index in [-0.39, 0.29) is 18.9 Å². The molecule has 0 aromatic heterocycles. The normalized spacial score (nSPS) is 11.4. The van der Waals surface area contributed by atoms with Crippen molar-refractivity contribution in [1.29, 1.82) is 0 Å². The van der Waals surface area contributed by atoms with Crippen LogP contribution in [0.5, 0.6) is 5.75 Å². The predicted molar refractivity (Wildman–Crippen MR) is 95.7 cm³/mol. The van der Waals surface area contributed by atoms with Crippen LogP contribution in [-0.2, 0) is 20.7 Å². The molecule has 2 rings (SSSR count). The fraction of sp³-hybridized carbons (Fsp3) is 0.263. The maximum absolute atomic E-state index is 12.1. The summed E-state index contributed by atoms with van der Waals surface area (Å²) < 4.78 is 10.3. The molecule has 2 aromatic rings. The monoisotopic (exact) mass is 361 g/mol. The Labute approximate surface area is 151 Å². The molecule has 1 N–H and O–H groups in total. The largest absolute Gasteiger partial charge is 0.493 e. The van der Waals surface area contributed by atoms with Gasteiger partial charge in [-0.1, -0.05) is 48.0 Å². The lowest BCUT2D eigenvalue weighted by Gasteiger charge is -2.16. The van der Waals surface area contributed by atoms with Crippen molar-refractivity contribution in [1.82, 2.24) is 5.32 Å². The molecule has 1 unspecified atom stereocenters. The van der Waals surface area contributed by atoms with Crippen LogP contribution in [0.2, 0.25) is 5.02 Å². The van der Waals surface area contributed by atoms with Crippen LogP contribution in [0.3, 0.4) is 0 Å². The van der Waals surface area contributed by atoms with Crippen molar-refractivity contribution in [2.75, 3.05) is 13.7 Å². The summed E-state index contributed by atoms with van der Waals surface area (Å²) in [7, 11) is 1.30. The van der Waals surface area contributed by atoms with Gasteiger partial charge in [0.1, 0.15) is 11.8 Å². The third-order valence-corrected chi connectivity index (χ3v) is 3.73. The maximum Gasteiger partial charge on any atom is 0.328 e. The predicted octanol–water partition coefficient (Wildman–Crippen LogP) is 3.01. The standard InChI is InChI=1S/C19H20ClNO4/c1-24-19(23)17(12-14-6-3-2-4-7-14)21-18(22)10-11-25-16-9-5-8-15(20)13-16/h2-9,13,17H,10-12H2,1H3,(H,21,22). The van der Waals surface area contributed by atoms with Gasteiger partial charge in [-0.15, -0.1) is 0 Å². The van der Waals surface area contributed by atoms with Crippen molar-refractivity contribution >= 4 is 23.5 Å². The van der Waals surface area contributed by atoms with Gasteiger partial charge in [-0.25, -0.2) is 4.79 Å². The van der Waals surface area contributed by atoms with E-state index in [2.05, 4.69) is 5.32 Å². The minimum Gasteiger partial charge on any atom is -0.493 e. The Morgan fingerprint density at radius 1 is 1.12 bits per heavy atom. The average molecular weight is 362 g/mol. The Balaban J connectivity index is 1.85. The number of hydrogen-bond acceptors (Lipinski definition) is 4. The fourth-order valence-corrected chi connectivity index (χ4v) is 2.45. The number of rotatable bonds is 8. The van der Waals surface area contributed by atoms with Crippen molar-refractivity contribution in [3.05, 3.63) is 65.2 Å². The summed E-state index contributed by atoms with van der Waals surface area (Å²) in [5, 5.41) is 3.26. The molecule has 0 aliphatic carbocycles. The molecule has 132 valence electrons. The minimum atomic E-state index is -0.730. The molecule has 0 aliphatic heterocycles. The van der Waals surface area contributed by atoms with Gasteiger partial charge < -0.3 is 14.8 Å². The minimum absolute atomic E-state index is 0.120. The lowest BCUT2D eigenvalue weighted by Crippen LogP contribution is -2.43. The number of amides is 1. The highest BCUT2D eigenvalue weighted by Gasteiger charge is 2.21. The summed E-state index contributed by atoms with van der Waals surface area (Å²) in [4.78, 5) is 24.0. The van der Waals surface area contributed by atoms with Crippen LogP contribution in [0.25, 0.3) is 0 Å². The zero-order valence-electron chi connectivity index (χ0n) is 13.9. The zero-order valence-corrected chi connectivity index (χ0v) is 14.7. The highest BCUT2D eigenvalue weighted by atomic mass is 35.5. The zero-order chi connectivity index (χ0) is 18.1. The number of methoxy groups -OCH3 is 1. The van der Waals surface area contributed by atoms with Gasteiger partial charge in [0.15, 0.2) is 0 Å². The molecule has 1 atom stereocenters. The molecule has 6 heteroatoms. The van der Waals surface area contributed by atoms with Gasteiger partial charge >= 0.3 is 5.97 Å². The number of nitrogens with one attached hydrogen (secondary N) is 1. The average Bonchev–Trinajstić information content (AvgIpc) is 2.61. The molecule has 0 fully saturated rings. The third kappa shape index (κ3) is 6.47. The Kier molecular flexibility index (Phi) is 7.29. The molecule has 0 saturated heterocycles. The summed E-state index contributed by atoms with van der Waals surface area (Å²) in [6.07, 6.45) is 0.489. The second-order valence-corrected chi connectivity index (χ2v) is 5.83. The number of benzene rings is 2. The van der Waals surface area contributed by atoms with Gasteiger partial charge in [0, 0.05) is 11.4 Å². The molecule has 5 nitrogen and oxygen atoms in total. The molecule has 0 heterocycles. The van der Waals surface area contributed by atoms with Crippen LogP contribution >= 0.6 is 11.6 Å². The van der Waals surface area contributed by atoms with E-state index in [1.54, 1.807) is 24.3 Å². The van der Waals surface area contributed by atoms with Crippen LogP contribution < -0.4 is 10.1 Å². The van der Waals surface area contributed by atoms with Crippen molar-refractivity contribution in [2.45, 2.75) is 18.9 Å². The van der Waals surface area contributed by atoms with Crippen molar-refractivity contribution in [3.63, 3.8) is 0 Å². The Morgan fingerprint density at radius 2 is 1.88 bits per heavy atom. The van der Waals surface area contributed by atoms with Gasteiger partial charge in [-0.2, -0.15) is 0 Å². The van der Waals surface area contributed by atoms with Crippen molar-refractivity contribution in [2.24, 2.45) is 0 Å². The summed E-state index contributed by atoms with van der Waals surface area (Å²) in [6.45, 7) is 0.186. The molecular weight excluding hydrogens is 342 g/mol. The Hall–Kier alpha value is -2.53. The summed E-state index contributed by atoms with van der Waals surface area (Å²) in [5.41, 5.74) is 0.938. The number of esters is 1. The van der Waals surface area contributed by atoms with Crippen LogP contribution in [0.4, 0.5) is 0 Å². The van der Waals surface area contributed by atoms with E-state index in [0.29, 0.717) is 17.2 Å². The number of carbonyl (C=O) groups is 2. The highest BCUT2D eigenvalue weighted by molar-refractivity contribution is 6.30. The molecule has 1 amide bonds. The van der Waals surface area contributed by atoms with Gasteiger partial charge in [-0.3, -0.25) is 4.79 Å². The van der Waals surface area contributed by atoms with Crippen molar-refractivity contribution < 1.29 is 19.1 Å². The topological polar surface area (TPSA) is 64.6 Å². The molecule has 0 spiro atoms. The van der Waals surface area contributed by atoms with E-state index >= 15 is 0 Å². The van der Waals surface area contributed by atoms with E-state index in [1.807, 2.05) is 30.3 Å². The molecule has 0 bridgehead atoms. The van der Waals surface area contributed by atoms with Crippen LogP contribution in [0.15, 0.2) is 54.6 Å². The SMILES string of the molecule is COC(=O)C(Cc1ccccc1)NC(=O)CCOc1cccc(Cl)c1. The molecule has 0 aliphatic rings. The second kappa shape index (κ2) is 9.69. The highest BCUT2D eigenvalue weighted by Crippen LogP contribution is 2.17. The van der Waals surface area contributed by atoms with E-state index in [4.69, 9.17) is 21.1 Å². The molecule has 2 aromatic carbocycles. The van der Waals surface area contributed by atoms with E-state index < -0.39 is 12.0 Å². The first kappa shape index (κ1) is 18.8. The first-order valence-electron chi connectivity index (χ1n) is 7.88. The quantitative estimate of drug-likeness (QED) is 0.734. The first-order chi connectivity index (χ1) is 12.1. The smallest absolute Gasteiger partial charge is 0.328 e. The molecular formula is C19H20ClNO4. The maximum atomic E-state index is 12.1. The van der Waals surface area contributed by atoms with E-state index in [9.17, 15) is 9.59 Å². The summed E-state index contributed by atoms with van der Waals surface area (Å²) in [5.74, 6) is -0.171. The lowest BCUT2D eigenvalue weighted by molar-refractivity contribution is -0.145. The number of carbonyl (C=O) groups excluding carboxylic acids is 2. The van der Waals surface area contributed by atoms with Crippen LogP contribution in [0.1, 0.15) is 12.0 Å². The van der Waals surface area contributed by atoms with Gasteiger partial charge in [0.2, 0.25) is 5.91 Å². The second-order valence-electron chi connectivity index (χ2n) is 5.39. The number of hydrogen-bond donors (Lipinski definition) is 1. The van der Waals surface area contributed by atoms with Crippen molar-refractivity contribution in [3.8, 4) is 5.75 Å². The first-order valence-corrected chi connectivity index (χ1v) is 8.26. The Morgan fingerprint density at radius 3 is 2.56 bits per heavy atom. The van der Waals surface area contributed by atoms with Gasteiger partial charge in [0.05, 0.1) is 20.1 Å². The molecule has 0 saturated carbocycles. The lowest BCUT2D eigenvalue weighted by atomic mass is 10.1. The molecule has 0 radical (unpaired) electrons. The third-order valence-electron chi connectivity index (χ3n) is 3.50.